The van der Waals surface area contributed by atoms with Crippen molar-refractivity contribution in [1.29, 1.82) is 0 Å². The van der Waals surface area contributed by atoms with E-state index in [1.165, 1.54) is 12.1 Å². The van der Waals surface area contributed by atoms with Gasteiger partial charge in [0.25, 0.3) is 0 Å². The summed E-state index contributed by atoms with van der Waals surface area (Å²) in [4.78, 5) is 12.1. The summed E-state index contributed by atoms with van der Waals surface area (Å²) in [5.74, 6) is -0.630. The summed E-state index contributed by atoms with van der Waals surface area (Å²) in [6.07, 6.45) is 1.02. The number of benzene rings is 1. The summed E-state index contributed by atoms with van der Waals surface area (Å²) in [6.45, 7) is 3.70. The Bertz CT molecular complexity index is 396. The van der Waals surface area contributed by atoms with E-state index in [2.05, 4.69) is 0 Å². The summed E-state index contributed by atoms with van der Waals surface area (Å²) in [5.41, 5.74) is 5.32. The van der Waals surface area contributed by atoms with Crippen LogP contribution in [0.1, 0.15) is 32.3 Å². The number of ketones is 1. The fraction of sp³-hybridized carbons (Fsp3) is 0.462. The Kier molecular flexibility index (Phi) is 4.66. The van der Waals surface area contributed by atoms with Crippen molar-refractivity contribution in [2.75, 3.05) is 0 Å². The van der Waals surface area contributed by atoms with Gasteiger partial charge in [-0.15, -0.1) is 0 Å². The number of hydrogen-bond donors (Lipinski definition) is 1. The first-order valence-corrected chi connectivity index (χ1v) is 6.07. The molecule has 0 radical (unpaired) electrons. The van der Waals surface area contributed by atoms with E-state index in [0.717, 1.165) is 0 Å². The quantitative estimate of drug-likeness (QED) is 0.881. The van der Waals surface area contributed by atoms with E-state index in [1.54, 1.807) is 6.07 Å². The molecule has 2 nitrogen and oxygen atoms in total. The number of halogens is 2. The van der Waals surface area contributed by atoms with Crippen molar-refractivity contribution in [3.8, 4) is 0 Å². The molecule has 0 unspecified atom stereocenters. The Morgan fingerprint density at radius 1 is 1.41 bits per heavy atom. The predicted molar refractivity (Wildman–Crippen MR) is 67.6 cm³/mol. The van der Waals surface area contributed by atoms with Gasteiger partial charge < -0.3 is 5.73 Å². The SMILES string of the molecule is CCC(N)(CC)C(=O)Cc1c(F)cccc1Cl. The molecule has 0 saturated carbocycles. The second kappa shape index (κ2) is 5.61. The van der Waals surface area contributed by atoms with Gasteiger partial charge in [0, 0.05) is 17.0 Å². The topological polar surface area (TPSA) is 43.1 Å². The molecule has 2 N–H and O–H groups in total. The zero-order valence-electron chi connectivity index (χ0n) is 10.1. The van der Waals surface area contributed by atoms with Crippen molar-refractivity contribution >= 4 is 17.4 Å². The van der Waals surface area contributed by atoms with Gasteiger partial charge in [0.1, 0.15) is 5.82 Å². The van der Waals surface area contributed by atoms with Gasteiger partial charge in [-0.2, -0.15) is 0 Å². The number of carbonyl (C=O) groups is 1. The van der Waals surface area contributed by atoms with Crippen molar-refractivity contribution < 1.29 is 9.18 Å². The van der Waals surface area contributed by atoms with Crippen LogP contribution in [0.5, 0.6) is 0 Å². The minimum absolute atomic E-state index is 0.0519. The van der Waals surface area contributed by atoms with Crippen LogP contribution in [-0.4, -0.2) is 11.3 Å². The molecule has 0 fully saturated rings. The fourth-order valence-electron chi connectivity index (χ4n) is 1.68. The van der Waals surface area contributed by atoms with Gasteiger partial charge >= 0.3 is 0 Å². The highest BCUT2D eigenvalue weighted by Crippen LogP contribution is 2.23. The van der Waals surface area contributed by atoms with E-state index in [4.69, 9.17) is 17.3 Å². The minimum atomic E-state index is -0.883. The molecule has 1 aromatic rings. The number of Topliss-reactive ketones (excluding diaryl/α,β-unsaturated/α-hetero) is 1. The third-order valence-electron chi connectivity index (χ3n) is 3.22. The van der Waals surface area contributed by atoms with Crippen LogP contribution in [0.25, 0.3) is 0 Å². The average molecular weight is 258 g/mol. The van der Waals surface area contributed by atoms with E-state index in [1.807, 2.05) is 13.8 Å². The predicted octanol–water partition coefficient (Wildman–Crippen LogP) is 3.11. The van der Waals surface area contributed by atoms with E-state index in [9.17, 15) is 9.18 Å². The Balaban J connectivity index is 2.96. The number of rotatable bonds is 5. The molecule has 0 spiro atoms. The van der Waals surface area contributed by atoms with E-state index < -0.39 is 11.4 Å². The molecule has 0 saturated heterocycles. The first-order valence-electron chi connectivity index (χ1n) is 5.69. The Morgan fingerprint density at radius 3 is 2.47 bits per heavy atom. The average Bonchev–Trinajstić information content (AvgIpc) is 2.32. The van der Waals surface area contributed by atoms with Crippen LogP contribution >= 0.6 is 11.6 Å². The smallest absolute Gasteiger partial charge is 0.157 e. The van der Waals surface area contributed by atoms with Gasteiger partial charge in [-0.05, 0) is 25.0 Å². The third-order valence-corrected chi connectivity index (χ3v) is 3.57. The second-order valence-corrected chi connectivity index (χ2v) is 4.57. The van der Waals surface area contributed by atoms with Crippen molar-refractivity contribution in [1.82, 2.24) is 0 Å². The summed E-state index contributed by atoms with van der Waals surface area (Å²) >= 11 is 5.88. The van der Waals surface area contributed by atoms with E-state index in [-0.39, 0.29) is 22.8 Å². The normalized spacial score (nSPS) is 11.6. The van der Waals surface area contributed by atoms with Crippen molar-refractivity contribution in [2.24, 2.45) is 5.73 Å². The van der Waals surface area contributed by atoms with Crippen molar-refractivity contribution in [3.63, 3.8) is 0 Å². The lowest BCUT2D eigenvalue weighted by Crippen LogP contribution is -2.47. The lowest BCUT2D eigenvalue weighted by Gasteiger charge is -2.25. The Hall–Kier alpha value is -0.930. The molecular weight excluding hydrogens is 241 g/mol. The molecule has 0 bridgehead atoms. The highest BCUT2D eigenvalue weighted by Gasteiger charge is 2.30. The highest BCUT2D eigenvalue weighted by molar-refractivity contribution is 6.31. The first kappa shape index (κ1) is 14.1. The standard InChI is InChI=1S/C13H17ClFNO/c1-3-13(16,4-2)12(17)8-9-10(14)6-5-7-11(9)15/h5-7H,3-4,8,16H2,1-2H3. The highest BCUT2D eigenvalue weighted by atomic mass is 35.5. The monoisotopic (exact) mass is 257 g/mol. The second-order valence-electron chi connectivity index (χ2n) is 4.16. The molecule has 0 atom stereocenters. The first-order chi connectivity index (χ1) is 7.94. The third kappa shape index (κ3) is 3.05. The lowest BCUT2D eigenvalue weighted by atomic mass is 9.86. The number of carbonyl (C=O) groups excluding carboxylic acids is 1. The minimum Gasteiger partial charge on any atom is -0.319 e. The van der Waals surface area contributed by atoms with Gasteiger partial charge in [0.15, 0.2) is 5.78 Å². The van der Waals surface area contributed by atoms with Crippen molar-refractivity contribution in [3.05, 3.63) is 34.6 Å². The van der Waals surface area contributed by atoms with Crippen LogP contribution in [0.4, 0.5) is 4.39 Å². The Morgan fingerprint density at radius 2 is 2.00 bits per heavy atom. The van der Waals surface area contributed by atoms with Crippen LogP contribution < -0.4 is 5.73 Å². The van der Waals surface area contributed by atoms with Crippen LogP contribution in [-0.2, 0) is 11.2 Å². The molecule has 17 heavy (non-hydrogen) atoms. The molecule has 0 heterocycles. The van der Waals surface area contributed by atoms with Crippen molar-refractivity contribution in [2.45, 2.75) is 38.6 Å². The molecule has 0 aliphatic heterocycles. The van der Waals surface area contributed by atoms with Crippen LogP contribution in [0.3, 0.4) is 0 Å². The molecular formula is C13H17ClFNO. The zero-order chi connectivity index (χ0) is 13.1. The molecule has 94 valence electrons. The van der Waals surface area contributed by atoms with Gasteiger partial charge in [-0.3, -0.25) is 4.79 Å². The van der Waals surface area contributed by atoms with Gasteiger partial charge in [0.05, 0.1) is 5.54 Å². The van der Waals surface area contributed by atoms with E-state index in [0.29, 0.717) is 12.8 Å². The van der Waals surface area contributed by atoms with Crippen LogP contribution in [0.15, 0.2) is 18.2 Å². The Labute approximate surface area is 106 Å². The fourth-order valence-corrected chi connectivity index (χ4v) is 1.91. The molecule has 0 aliphatic rings. The summed E-state index contributed by atoms with van der Waals surface area (Å²) < 4.78 is 13.5. The van der Waals surface area contributed by atoms with Gasteiger partial charge in [-0.1, -0.05) is 31.5 Å². The lowest BCUT2D eigenvalue weighted by molar-refractivity contribution is -0.123. The molecule has 4 heteroatoms. The maximum Gasteiger partial charge on any atom is 0.157 e. The number of hydrogen-bond acceptors (Lipinski definition) is 2. The summed E-state index contributed by atoms with van der Waals surface area (Å²) in [6, 6.07) is 4.38. The summed E-state index contributed by atoms with van der Waals surface area (Å²) in [7, 11) is 0. The van der Waals surface area contributed by atoms with Crippen LogP contribution in [0, 0.1) is 5.82 Å². The molecule has 0 aliphatic carbocycles. The molecule has 1 aromatic carbocycles. The van der Waals surface area contributed by atoms with Gasteiger partial charge in [0.2, 0.25) is 0 Å². The van der Waals surface area contributed by atoms with Gasteiger partial charge in [-0.25, -0.2) is 4.39 Å². The maximum absolute atomic E-state index is 13.5. The maximum atomic E-state index is 13.5. The molecule has 1 rings (SSSR count). The number of nitrogens with two attached hydrogens (primary N) is 1. The van der Waals surface area contributed by atoms with Crippen LogP contribution in [0.2, 0.25) is 5.02 Å². The zero-order valence-corrected chi connectivity index (χ0v) is 10.9. The largest absolute Gasteiger partial charge is 0.319 e. The van der Waals surface area contributed by atoms with E-state index >= 15 is 0 Å². The summed E-state index contributed by atoms with van der Waals surface area (Å²) in [5, 5.41) is 0.271. The molecule has 0 aromatic heterocycles. The molecule has 0 amide bonds.